The molecule has 0 bridgehead atoms. The number of carboxylic acid groups (broad SMARTS) is 2. The standard InChI is InChI=1S/C18H26O5/c1-17(2,3)12-7-10(11(16(22)23)9-14(19)20)8-13(15(12)21)18(4,5)6/h7-8,11,21H,9H2,1-6H3,(H,19,20)(H,22,23). The molecule has 0 aromatic heterocycles. The molecule has 1 atom stereocenters. The van der Waals surface area contributed by atoms with Crippen LogP contribution in [0.2, 0.25) is 0 Å². The van der Waals surface area contributed by atoms with Crippen molar-refractivity contribution in [2.75, 3.05) is 0 Å². The Morgan fingerprint density at radius 1 is 0.957 bits per heavy atom. The summed E-state index contributed by atoms with van der Waals surface area (Å²) in [6, 6.07) is 3.23. The second kappa shape index (κ2) is 6.22. The Labute approximate surface area is 137 Å². The molecule has 5 heteroatoms. The molecule has 0 saturated carbocycles. The zero-order chi connectivity index (χ0) is 18.2. The minimum Gasteiger partial charge on any atom is -0.507 e. The van der Waals surface area contributed by atoms with E-state index in [1.165, 1.54) is 0 Å². The van der Waals surface area contributed by atoms with E-state index in [0.29, 0.717) is 16.7 Å². The van der Waals surface area contributed by atoms with Gasteiger partial charge in [-0.15, -0.1) is 0 Å². The van der Waals surface area contributed by atoms with E-state index in [4.69, 9.17) is 5.11 Å². The number of carbonyl (C=O) groups is 2. The lowest BCUT2D eigenvalue weighted by Gasteiger charge is -2.29. The molecule has 0 aliphatic heterocycles. The maximum absolute atomic E-state index is 11.5. The van der Waals surface area contributed by atoms with Crippen LogP contribution < -0.4 is 0 Å². The van der Waals surface area contributed by atoms with Gasteiger partial charge in [0.15, 0.2) is 0 Å². The highest BCUT2D eigenvalue weighted by atomic mass is 16.4. The molecule has 1 unspecified atom stereocenters. The Kier molecular flexibility index (Phi) is 5.14. The average molecular weight is 322 g/mol. The van der Waals surface area contributed by atoms with Crippen LogP contribution in [0.3, 0.4) is 0 Å². The largest absolute Gasteiger partial charge is 0.507 e. The number of carboxylic acids is 2. The number of aliphatic carboxylic acids is 2. The zero-order valence-corrected chi connectivity index (χ0v) is 14.6. The van der Waals surface area contributed by atoms with Gasteiger partial charge in [0, 0.05) is 0 Å². The molecule has 0 aliphatic rings. The van der Waals surface area contributed by atoms with Crippen molar-refractivity contribution in [3.05, 3.63) is 28.8 Å². The molecule has 0 spiro atoms. The van der Waals surface area contributed by atoms with E-state index in [0.717, 1.165) is 0 Å². The maximum Gasteiger partial charge on any atom is 0.311 e. The van der Waals surface area contributed by atoms with Crippen molar-refractivity contribution >= 4 is 11.9 Å². The third-order valence-electron chi connectivity index (χ3n) is 3.83. The first-order chi connectivity index (χ1) is 10.2. The first-order valence-corrected chi connectivity index (χ1v) is 7.57. The number of phenols is 1. The molecule has 3 N–H and O–H groups in total. The fourth-order valence-electron chi connectivity index (χ4n) is 2.52. The van der Waals surface area contributed by atoms with E-state index < -0.39 is 35.1 Å². The van der Waals surface area contributed by atoms with Crippen LogP contribution in [0.5, 0.6) is 5.75 Å². The van der Waals surface area contributed by atoms with E-state index in [2.05, 4.69) is 0 Å². The number of phenolic OH excluding ortho intramolecular Hbond substituents is 1. The predicted octanol–water partition coefficient (Wildman–Crippen LogP) is 3.63. The van der Waals surface area contributed by atoms with Gasteiger partial charge in [-0.25, -0.2) is 0 Å². The molecule has 0 fully saturated rings. The zero-order valence-electron chi connectivity index (χ0n) is 14.6. The summed E-state index contributed by atoms with van der Waals surface area (Å²) in [6.45, 7) is 11.5. The Morgan fingerprint density at radius 3 is 1.61 bits per heavy atom. The van der Waals surface area contributed by atoms with Gasteiger partial charge < -0.3 is 15.3 Å². The molecule has 0 heterocycles. The van der Waals surface area contributed by atoms with Gasteiger partial charge in [-0.2, -0.15) is 0 Å². The number of hydrogen-bond donors (Lipinski definition) is 3. The molecule has 0 radical (unpaired) electrons. The van der Waals surface area contributed by atoms with Crippen molar-refractivity contribution < 1.29 is 24.9 Å². The maximum atomic E-state index is 11.5. The van der Waals surface area contributed by atoms with Crippen LogP contribution in [0, 0.1) is 0 Å². The summed E-state index contributed by atoms with van der Waals surface area (Å²) in [5, 5.41) is 29.0. The SMILES string of the molecule is CC(C)(C)c1cc(C(CC(=O)O)C(=O)O)cc(C(C)(C)C)c1O. The summed E-state index contributed by atoms with van der Waals surface area (Å²) in [6.07, 6.45) is -0.493. The number of aromatic hydroxyl groups is 1. The van der Waals surface area contributed by atoms with Crippen molar-refractivity contribution in [3.63, 3.8) is 0 Å². The van der Waals surface area contributed by atoms with Crippen LogP contribution in [0.25, 0.3) is 0 Å². The van der Waals surface area contributed by atoms with E-state index >= 15 is 0 Å². The van der Waals surface area contributed by atoms with Gasteiger partial charge >= 0.3 is 11.9 Å². The second-order valence-corrected chi connectivity index (χ2v) is 7.95. The Morgan fingerprint density at radius 2 is 1.35 bits per heavy atom. The fraction of sp³-hybridized carbons (Fsp3) is 0.556. The molecular weight excluding hydrogens is 296 g/mol. The lowest BCUT2D eigenvalue weighted by molar-refractivity contribution is -0.145. The molecule has 0 amide bonds. The Bertz CT molecular complexity index is 582. The Hall–Kier alpha value is -2.04. The van der Waals surface area contributed by atoms with Crippen molar-refractivity contribution in [2.24, 2.45) is 0 Å². The number of hydrogen-bond acceptors (Lipinski definition) is 3. The molecule has 1 aromatic carbocycles. The number of benzene rings is 1. The summed E-state index contributed by atoms with van der Waals surface area (Å²) < 4.78 is 0. The fourth-order valence-corrected chi connectivity index (χ4v) is 2.52. The van der Waals surface area contributed by atoms with E-state index in [-0.39, 0.29) is 5.75 Å². The smallest absolute Gasteiger partial charge is 0.311 e. The van der Waals surface area contributed by atoms with Gasteiger partial charge in [0.2, 0.25) is 0 Å². The van der Waals surface area contributed by atoms with Crippen molar-refractivity contribution in [3.8, 4) is 5.75 Å². The topological polar surface area (TPSA) is 94.8 Å². The highest BCUT2D eigenvalue weighted by Crippen LogP contribution is 2.41. The lowest BCUT2D eigenvalue weighted by atomic mass is 9.76. The highest BCUT2D eigenvalue weighted by molar-refractivity contribution is 5.82. The summed E-state index contributed by atoms with van der Waals surface area (Å²) in [4.78, 5) is 22.5. The van der Waals surface area contributed by atoms with E-state index in [9.17, 15) is 19.8 Å². The molecule has 23 heavy (non-hydrogen) atoms. The van der Waals surface area contributed by atoms with Crippen LogP contribution in [-0.4, -0.2) is 27.3 Å². The third-order valence-corrected chi connectivity index (χ3v) is 3.83. The molecule has 1 rings (SSSR count). The van der Waals surface area contributed by atoms with Crippen molar-refractivity contribution in [1.82, 2.24) is 0 Å². The minimum atomic E-state index is -1.18. The van der Waals surface area contributed by atoms with Gasteiger partial charge in [0.25, 0.3) is 0 Å². The van der Waals surface area contributed by atoms with Crippen LogP contribution in [0.4, 0.5) is 0 Å². The summed E-state index contributed by atoms with van der Waals surface area (Å²) >= 11 is 0. The van der Waals surface area contributed by atoms with E-state index in [1.54, 1.807) is 12.1 Å². The molecule has 0 saturated heterocycles. The predicted molar refractivity (Wildman–Crippen MR) is 88.1 cm³/mol. The monoisotopic (exact) mass is 322 g/mol. The summed E-state index contributed by atoms with van der Waals surface area (Å²) in [5.74, 6) is -3.35. The minimum absolute atomic E-state index is 0.146. The van der Waals surface area contributed by atoms with Crippen molar-refractivity contribution in [2.45, 2.75) is 64.7 Å². The summed E-state index contributed by atoms with van der Waals surface area (Å²) in [5.41, 5.74) is 0.860. The Balaban J connectivity index is 3.67. The summed E-state index contributed by atoms with van der Waals surface area (Å²) in [7, 11) is 0. The van der Waals surface area contributed by atoms with Crippen LogP contribution in [0.1, 0.15) is 70.6 Å². The molecule has 128 valence electrons. The van der Waals surface area contributed by atoms with Crippen LogP contribution >= 0.6 is 0 Å². The van der Waals surface area contributed by atoms with Gasteiger partial charge in [-0.3, -0.25) is 9.59 Å². The first kappa shape index (κ1) is 19.0. The van der Waals surface area contributed by atoms with Gasteiger partial charge in [-0.05, 0) is 27.5 Å². The molecule has 1 aromatic rings. The first-order valence-electron chi connectivity index (χ1n) is 7.57. The molecular formula is C18H26O5. The van der Waals surface area contributed by atoms with E-state index in [1.807, 2.05) is 41.5 Å². The van der Waals surface area contributed by atoms with Crippen LogP contribution in [-0.2, 0) is 20.4 Å². The lowest BCUT2D eigenvalue weighted by Crippen LogP contribution is -2.21. The average Bonchev–Trinajstić information content (AvgIpc) is 2.33. The van der Waals surface area contributed by atoms with Gasteiger partial charge in [-0.1, -0.05) is 53.7 Å². The quantitative estimate of drug-likeness (QED) is 0.787. The van der Waals surface area contributed by atoms with Gasteiger partial charge in [0.05, 0.1) is 12.3 Å². The molecule has 5 nitrogen and oxygen atoms in total. The number of rotatable bonds is 4. The third kappa shape index (κ3) is 4.47. The molecule has 0 aliphatic carbocycles. The van der Waals surface area contributed by atoms with Crippen molar-refractivity contribution in [1.29, 1.82) is 0 Å². The normalized spacial score (nSPS) is 13.7. The second-order valence-electron chi connectivity index (χ2n) is 7.95. The van der Waals surface area contributed by atoms with Crippen LogP contribution in [0.15, 0.2) is 12.1 Å². The van der Waals surface area contributed by atoms with Gasteiger partial charge in [0.1, 0.15) is 5.75 Å². The highest BCUT2D eigenvalue weighted by Gasteiger charge is 2.31.